The third kappa shape index (κ3) is 16.5. The standard InChI is InChI=1S/C24H50N2O4/c1-5-7-23(4)25-24-9-11-26(12-10-24)13-15-28-17-19-30-21-20-29-18-16-27-14-6-8-22(2)3/h22-25H,5-21H2,1-4H3. The SMILES string of the molecule is CCCC(C)NC1CCN(CCOCCOCCOCCOCCCC(C)C)CC1. The number of hydrogen-bond donors (Lipinski definition) is 1. The number of hydrogen-bond acceptors (Lipinski definition) is 6. The first-order valence-electron chi connectivity index (χ1n) is 12.4. The summed E-state index contributed by atoms with van der Waals surface area (Å²) in [6.45, 7) is 17.9. The van der Waals surface area contributed by atoms with Crippen LogP contribution in [-0.2, 0) is 18.9 Å². The zero-order valence-corrected chi connectivity index (χ0v) is 20.3. The van der Waals surface area contributed by atoms with Crippen molar-refractivity contribution in [3.63, 3.8) is 0 Å². The first-order chi connectivity index (χ1) is 14.6. The van der Waals surface area contributed by atoms with Gasteiger partial charge in [-0.05, 0) is 58.0 Å². The van der Waals surface area contributed by atoms with Crippen LogP contribution in [0.3, 0.4) is 0 Å². The van der Waals surface area contributed by atoms with Gasteiger partial charge >= 0.3 is 0 Å². The zero-order valence-electron chi connectivity index (χ0n) is 20.3. The van der Waals surface area contributed by atoms with Gasteiger partial charge in [0.25, 0.3) is 0 Å². The van der Waals surface area contributed by atoms with Gasteiger partial charge in [0.2, 0.25) is 0 Å². The van der Waals surface area contributed by atoms with E-state index in [0.717, 1.165) is 32.1 Å². The van der Waals surface area contributed by atoms with E-state index < -0.39 is 0 Å². The van der Waals surface area contributed by atoms with Gasteiger partial charge < -0.3 is 29.2 Å². The van der Waals surface area contributed by atoms with Gasteiger partial charge in [-0.15, -0.1) is 0 Å². The van der Waals surface area contributed by atoms with Gasteiger partial charge in [-0.25, -0.2) is 0 Å². The smallest absolute Gasteiger partial charge is 0.0701 e. The Morgan fingerprint density at radius 1 is 0.767 bits per heavy atom. The normalized spacial score (nSPS) is 17.1. The third-order valence-corrected chi connectivity index (χ3v) is 5.57. The Hall–Kier alpha value is -0.240. The Labute approximate surface area is 186 Å². The molecule has 6 nitrogen and oxygen atoms in total. The van der Waals surface area contributed by atoms with Crippen LogP contribution in [-0.4, -0.2) is 89.5 Å². The van der Waals surface area contributed by atoms with Crippen molar-refractivity contribution in [1.82, 2.24) is 10.2 Å². The number of nitrogens with zero attached hydrogens (tertiary/aromatic N) is 1. The Morgan fingerprint density at radius 3 is 1.83 bits per heavy atom. The first kappa shape index (κ1) is 27.8. The molecule has 0 spiro atoms. The van der Waals surface area contributed by atoms with Gasteiger partial charge in [-0.2, -0.15) is 0 Å². The molecule has 1 atom stereocenters. The van der Waals surface area contributed by atoms with Crippen molar-refractivity contribution in [2.45, 2.75) is 78.3 Å². The molecule has 6 heteroatoms. The van der Waals surface area contributed by atoms with Gasteiger partial charge in [-0.3, -0.25) is 0 Å². The van der Waals surface area contributed by atoms with Crippen LogP contribution in [0.2, 0.25) is 0 Å². The Kier molecular flexibility index (Phi) is 18.0. The fourth-order valence-corrected chi connectivity index (χ4v) is 3.79. The van der Waals surface area contributed by atoms with E-state index in [2.05, 4.69) is 37.9 Å². The highest BCUT2D eigenvalue weighted by molar-refractivity contribution is 4.79. The van der Waals surface area contributed by atoms with E-state index >= 15 is 0 Å². The van der Waals surface area contributed by atoms with E-state index in [4.69, 9.17) is 18.9 Å². The Balaban J connectivity index is 1.78. The summed E-state index contributed by atoms with van der Waals surface area (Å²) in [6, 6.07) is 1.34. The summed E-state index contributed by atoms with van der Waals surface area (Å²) in [5.41, 5.74) is 0. The molecule has 0 aliphatic carbocycles. The molecule has 0 radical (unpaired) electrons. The van der Waals surface area contributed by atoms with Crippen LogP contribution in [0.25, 0.3) is 0 Å². The molecule has 1 fully saturated rings. The summed E-state index contributed by atoms with van der Waals surface area (Å²) < 4.78 is 22.3. The van der Waals surface area contributed by atoms with Gasteiger partial charge in [0.1, 0.15) is 0 Å². The molecule has 1 N–H and O–H groups in total. The maximum absolute atomic E-state index is 5.72. The number of likely N-dealkylation sites (tertiary alicyclic amines) is 1. The minimum Gasteiger partial charge on any atom is -0.379 e. The molecule has 0 aromatic heterocycles. The maximum atomic E-state index is 5.72. The van der Waals surface area contributed by atoms with Gasteiger partial charge in [0.05, 0.1) is 46.2 Å². The predicted octanol–water partition coefficient (Wildman–Crippen LogP) is 3.73. The van der Waals surface area contributed by atoms with Crippen LogP contribution >= 0.6 is 0 Å². The Morgan fingerprint density at radius 2 is 1.30 bits per heavy atom. The highest BCUT2D eigenvalue weighted by Gasteiger charge is 2.19. The zero-order chi connectivity index (χ0) is 21.9. The average Bonchev–Trinajstić information content (AvgIpc) is 2.72. The second-order valence-corrected chi connectivity index (χ2v) is 8.96. The van der Waals surface area contributed by atoms with E-state index in [0.29, 0.717) is 51.7 Å². The molecule has 0 bridgehead atoms. The van der Waals surface area contributed by atoms with E-state index in [-0.39, 0.29) is 0 Å². The van der Waals surface area contributed by atoms with Crippen LogP contribution in [0.15, 0.2) is 0 Å². The highest BCUT2D eigenvalue weighted by atomic mass is 16.6. The van der Waals surface area contributed by atoms with Crippen molar-refractivity contribution < 1.29 is 18.9 Å². The summed E-state index contributed by atoms with van der Waals surface area (Å²) in [5.74, 6) is 0.755. The lowest BCUT2D eigenvalue weighted by molar-refractivity contribution is -0.00492. The highest BCUT2D eigenvalue weighted by Crippen LogP contribution is 2.11. The van der Waals surface area contributed by atoms with Crippen molar-refractivity contribution in [3.05, 3.63) is 0 Å². The van der Waals surface area contributed by atoms with E-state index in [1.807, 2.05) is 0 Å². The van der Waals surface area contributed by atoms with Crippen LogP contribution in [0.4, 0.5) is 0 Å². The summed E-state index contributed by atoms with van der Waals surface area (Å²) in [4.78, 5) is 2.52. The first-order valence-corrected chi connectivity index (χ1v) is 12.4. The second-order valence-electron chi connectivity index (χ2n) is 8.96. The third-order valence-electron chi connectivity index (χ3n) is 5.57. The number of nitrogens with one attached hydrogen (secondary N) is 1. The lowest BCUT2D eigenvalue weighted by Gasteiger charge is -2.33. The minimum atomic E-state index is 0.619. The summed E-state index contributed by atoms with van der Waals surface area (Å²) in [5, 5.41) is 3.77. The largest absolute Gasteiger partial charge is 0.379 e. The average molecular weight is 431 g/mol. The van der Waals surface area contributed by atoms with E-state index in [1.54, 1.807) is 0 Å². The lowest BCUT2D eigenvalue weighted by Crippen LogP contribution is -2.46. The predicted molar refractivity (Wildman–Crippen MR) is 124 cm³/mol. The molecule has 1 saturated heterocycles. The van der Waals surface area contributed by atoms with Gasteiger partial charge in [0, 0.05) is 25.2 Å². The lowest BCUT2D eigenvalue weighted by atomic mass is 10.0. The van der Waals surface area contributed by atoms with Crippen molar-refractivity contribution in [2.75, 3.05) is 72.5 Å². The Bertz CT molecular complexity index is 363. The molecule has 1 unspecified atom stereocenters. The summed E-state index contributed by atoms with van der Waals surface area (Å²) in [6.07, 6.45) is 7.39. The van der Waals surface area contributed by atoms with Crippen LogP contribution in [0, 0.1) is 5.92 Å². The fraction of sp³-hybridized carbons (Fsp3) is 1.00. The number of ether oxygens (including phenoxy) is 4. The molecule has 0 amide bonds. The molecule has 1 aliphatic heterocycles. The van der Waals surface area contributed by atoms with Gasteiger partial charge in [-0.1, -0.05) is 27.2 Å². The molecule has 30 heavy (non-hydrogen) atoms. The second kappa shape index (κ2) is 19.4. The molecular formula is C24H50N2O4. The molecule has 1 rings (SSSR count). The fourth-order valence-electron chi connectivity index (χ4n) is 3.79. The van der Waals surface area contributed by atoms with Crippen LogP contribution in [0.5, 0.6) is 0 Å². The van der Waals surface area contributed by atoms with Crippen molar-refractivity contribution in [2.24, 2.45) is 5.92 Å². The van der Waals surface area contributed by atoms with Crippen molar-refractivity contribution >= 4 is 0 Å². The number of piperidine rings is 1. The molecule has 1 aliphatic rings. The quantitative estimate of drug-likeness (QED) is 0.297. The number of rotatable bonds is 20. The molecule has 0 aromatic carbocycles. The molecule has 0 saturated carbocycles. The maximum Gasteiger partial charge on any atom is 0.0701 e. The summed E-state index contributed by atoms with van der Waals surface area (Å²) >= 11 is 0. The van der Waals surface area contributed by atoms with Crippen LogP contribution < -0.4 is 5.32 Å². The van der Waals surface area contributed by atoms with E-state index in [1.165, 1.54) is 45.2 Å². The van der Waals surface area contributed by atoms with Crippen molar-refractivity contribution in [3.8, 4) is 0 Å². The molecule has 180 valence electrons. The van der Waals surface area contributed by atoms with Crippen LogP contribution in [0.1, 0.15) is 66.2 Å². The van der Waals surface area contributed by atoms with E-state index in [9.17, 15) is 0 Å². The monoisotopic (exact) mass is 430 g/mol. The topological polar surface area (TPSA) is 52.2 Å². The van der Waals surface area contributed by atoms with Crippen molar-refractivity contribution in [1.29, 1.82) is 0 Å². The molecule has 1 heterocycles. The summed E-state index contributed by atoms with van der Waals surface area (Å²) in [7, 11) is 0. The molecule has 0 aromatic rings. The van der Waals surface area contributed by atoms with Gasteiger partial charge in [0.15, 0.2) is 0 Å². The molecular weight excluding hydrogens is 380 g/mol. The minimum absolute atomic E-state index is 0.619.